The summed E-state index contributed by atoms with van der Waals surface area (Å²) in [5, 5.41) is 17.5. The van der Waals surface area contributed by atoms with Crippen molar-refractivity contribution in [1.82, 2.24) is 39.1 Å². The van der Waals surface area contributed by atoms with Crippen molar-refractivity contribution < 1.29 is 0 Å². The van der Waals surface area contributed by atoms with E-state index in [1.165, 1.54) is 0 Å². The fraction of sp³-hybridized carbons (Fsp3) is 0.412. The number of rotatable bonds is 3. The summed E-state index contributed by atoms with van der Waals surface area (Å²) in [5.41, 5.74) is 1.11. The molecular formula is C17H20N10O. The monoisotopic (exact) mass is 380 g/mol. The molecular weight excluding hydrogens is 360 g/mol. The minimum Gasteiger partial charge on any atom is -0.351 e. The zero-order valence-corrected chi connectivity index (χ0v) is 16.1. The Labute approximate surface area is 159 Å². The van der Waals surface area contributed by atoms with Crippen LogP contribution in [0.5, 0.6) is 0 Å². The van der Waals surface area contributed by atoms with Gasteiger partial charge in [-0.15, -0.1) is 15.3 Å². The van der Waals surface area contributed by atoms with Crippen LogP contribution in [0.4, 0.5) is 11.8 Å². The van der Waals surface area contributed by atoms with Crippen LogP contribution in [0, 0.1) is 6.92 Å². The molecule has 1 fully saturated rings. The van der Waals surface area contributed by atoms with E-state index in [0.29, 0.717) is 17.0 Å². The van der Waals surface area contributed by atoms with Gasteiger partial charge in [0.15, 0.2) is 17.1 Å². The topological polar surface area (TPSA) is 102 Å². The molecule has 4 aromatic heterocycles. The van der Waals surface area contributed by atoms with E-state index in [9.17, 15) is 4.79 Å². The average molecular weight is 380 g/mol. The maximum Gasteiger partial charge on any atom is 0.265 e. The molecule has 5 heterocycles. The predicted octanol–water partition coefficient (Wildman–Crippen LogP) is -0.262. The van der Waals surface area contributed by atoms with Crippen molar-refractivity contribution in [2.24, 2.45) is 14.1 Å². The molecule has 0 spiro atoms. The second kappa shape index (κ2) is 5.75. The van der Waals surface area contributed by atoms with E-state index in [2.05, 4.69) is 30.3 Å². The Kier molecular flexibility index (Phi) is 3.42. The lowest BCUT2D eigenvalue weighted by Crippen LogP contribution is -2.60. The molecule has 1 saturated heterocycles. The standard InChI is InChI=1S/C17H20N10O/c1-10-19-20-13-5-6-14(21-27(10)13)26-7-11(8-26)24(3)17-18-15-12(9-23(2)22-15)16(28)25(17)4/h5-6,9,11H,7-8H2,1-4H3. The summed E-state index contributed by atoms with van der Waals surface area (Å²) >= 11 is 0. The third-order valence-corrected chi connectivity index (χ3v) is 5.30. The van der Waals surface area contributed by atoms with Crippen molar-refractivity contribution >= 4 is 28.4 Å². The second-order valence-corrected chi connectivity index (χ2v) is 7.19. The number of nitrogens with zero attached hydrogens (tertiary/aromatic N) is 10. The van der Waals surface area contributed by atoms with Gasteiger partial charge in [0, 0.05) is 40.4 Å². The van der Waals surface area contributed by atoms with Crippen LogP contribution < -0.4 is 15.4 Å². The molecule has 4 aromatic rings. The first-order valence-electron chi connectivity index (χ1n) is 8.99. The summed E-state index contributed by atoms with van der Waals surface area (Å²) in [6.07, 6.45) is 1.70. The number of aryl methyl sites for hydroxylation is 2. The van der Waals surface area contributed by atoms with Crippen molar-refractivity contribution in [2.75, 3.05) is 29.9 Å². The van der Waals surface area contributed by atoms with Crippen molar-refractivity contribution in [3.05, 3.63) is 34.5 Å². The van der Waals surface area contributed by atoms with E-state index in [-0.39, 0.29) is 11.6 Å². The van der Waals surface area contributed by atoms with Gasteiger partial charge in [-0.25, -0.2) is 0 Å². The largest absolute Gasteiger partial charge is 0.351 e. The molecule has 11 heteroatoms. The lowest BCUT2D eigenvalue weighted by Gasteiger charge is -2.44. The highest BCUT2D eigenvalue weighted by atomic mass is 16.1. The number of aromatic nitrogens is 8. The molecule has 0 saturated carbocycles. The van der Waals surface area contributed by atoms with Crippen LogP contribution in [0.3, 0.4) is 0 Å². The minimum absolute atomic E-state index is 0.0914. The Morgan fingerprint density at radius 2 is 1.93 bits per heavy atom. The van der Waals surface area contributed by atoms with Gasteiger partial charge in [-0.1, -0.05) is 0 Å². The van der Waals surface area contributed by atoms with Gasteiger partial charge in [-0.3, -0.25) is 14.0 Å². The summed E-state index contributed by atoms with van der Waals surface area (Å²) in [4.78, 5) is 21.4. The summed E-state index contributed by atoms with van der Waals surface area (Å²) < 4.78 is 4.94. The zero-order chi connectivity index (χ0) is 19.6. The maximum absolute atomic E-state index is 12.6. The molecule has 5 rings (SSSR count). The molecule has 144 valence electrons. The summed E-state index contributed by atoms with van der Waals surface area (Å²) in [6.45, 7) is 3.45. The highest BCUT2D eigenvalue weighted by molar-refractivity contribution is 5.74. The molecule has 0 amide bonds. The first-order valence-corrected chi connectivity index (χ1v) is 8.99. The molecule has 0 N–H and O–H groups in total. The highest BCUT2D eigenvalue weighted by Crippen LogP contribution is 2.24. The van der Waals surface area contributed by atoms with E-state index < -0.39 is 0 Å². The quantitative estimate of drug-likeness (QED) is 0.479. The summed E-state index contributed by atoms with van der Waals surface area (Å²) in [6, 6.07) is 4.09. The first-order chi connectivity index (χ1) is 13.4. The van der Waals surface area contributed by atoms with Gasteiger partial charge < -0.3 is 9.80 Å². The Bertz CT molecular complexity index is 1260. The third kappa shape index (κ3) is 2.35. The normalized spacial score (nSPS) is 14.8. The van der Waals surface area contributed by atoms with Gasteiger partial charge in [0.25, 0.3) is 5.56 Å². The highest BCUT2D eigenvalue weighted by Gasteiger charge is 2.33. The van der Waals surface area contributed by atoms with Crippen LogP contribution in [0.2, 0.25) is 0 Å². The minimum atomic E-state index is -0.0914. The van der Waals surface area contributed by atoms with Crippen LogP contribution in [0.15, 0.2) is 23.1 Å². The summed E-state index contributed by atoms with van der Waals surface area (Å²) in [5.74, 6) is 2.25. The van der Waals surface area contributed by atoms with E-state index in [4.69, 9.17) is 0 Å². The van der Waals surface area contributed by atoms with E-state index in [0.717, 1.165) is 30.4 Å². The Hall–Kier alpha value is -3.50. The van der Waals surface area contributed by atoms with Crippen LogP contribution in [0.25, 0.3) is 16.7 Å². The number of hydrogen-bond acceptors (Lipinski definition) is 8. The Balaban J connectivity index is 1.39. The number of hydrogen-bond donors (Lipinski definition) is 0. The van der Waals surface area contributed by atoms with E-state index >= 15 is 0 Å². The van der Waals surface area contributed by atoms with Gasteiger partial charge in [0.2, 0.25) is 5.95 Å². The van der Waals surface area contributed by atoms with Crippen molar-refractivity contribution in [3.8, 4) is 0 Å². The smallest absolute Gasteiger partial charge is 0.265 e. The van der Waals surface area contributed by atoms with Gasteiger partial charge in [0.1, 0.15) is 11.2 Å². The molecule has 0 aromatic carbocycles. The fourth-order valence-electron chi connectivity index (χ4n) is 3.57. The van der Waals surface area contributed by atoms with E-state index in [1.807, 2.05) is 31.0 Å². The lowest BCUT2D eigenvalue weighted by molar-refractivity contribution is 0.479. The first kappa shape index (κ1) is 16.7. The maximum atomic E-state index is 12.6. The number of fused-ring (bicyclic) bond motifs is 2. The van der Waals surface area contributed by atoms with Gasteiger partial charge >= 0.3 is 0 Å². The molecule has 1 aliphatic heterocycles. The molecule has 0 bridgehead atoms. The molecule has 0 radical (unpaired) electrons. The van der Waals surface area contributed by atoms with Gasteiger partial charge in [-0.2, -0.15) is 14.6 Å². The molecule has 0 aliphatic carbocycles. The molecule has 11 nitrogen and oxygen atoms in total. The third-order valence-electron chi connectivity index (χ3n) is 5.30. The Morgan fingerprint density at radius 3 is 2.71 bits per heavy atom. The van der Waals surface area contributed by atoms with Crippen molar-refractivity contribution in [1.29, 1.82) is 0 Å². The predicted molar refractivity (Wildman–Crippen MR) is 104 cm³/mol. The summed E-state index contributed by atoms with van der Waals surface area (Å²) in [7, 11) is 5.49. The van der Waals surface area contributed by atoms with Gasteiger partial charge in [0.05, 0.1) is 6.04 Å². The SMILES string of the molecule is Cc1nnc2ccc(N3CC(N(C)c4nc5nn(C)cc5c(=O)n4C)C3)nn12. The van der Waals surface area contributed by atoms with Crippen molar-refractivity contribution in [2.45, 2.75) is 13.0 Å². The van der Waals surface area contributed by atoms with Crippen molar-refractivity contribution in [3.63, 3.8) is 0 Å². The second-order valence-electron chi connectivity index (χ2n) is 7.19. The fourth-order valence-corrected chi connectivity index (χ4v) is 3.57. The molecule has 1 aliphatic rings. The number of anilines is 2. The van der Waals surface area contributed by atoms with Crippen LogP contribution in [-0.2, 0) is 14.1 Å². The van der Waals surface area contributed by atoms with Crippen LogP contribution in [-0.4, -0.2) is 65.3 Å². The lowest BCUT2D eigenvalue weighted by atomic mass is 10.1. The van der Waals surface area contributed by atoms with Crippen LogP contribution in [0.1, 0.15) is 5.82 Å². The average Bonchev–Trinajstić information content (AvgIpc) is 3.19. The molecule has 0 atom stereocenters. The van der Waals surface area contributed by atoms with Gasteiger partial charge in [-0.05, 0) is 19.1 Å². The Morgan fingerprint density at radius 1 is 1.14 bits per heavy atom. The molecule has 28 heavy (non-hydrogen) atoms. The van der Waals surface area contributed by atoms with E-state index in [1.54, 1.807) is 34.1 Å². The number of likely N-dealkylation sites (N-methyl/N-ethyl adjacent to an activating group) is 1. The van der Waals surface area contributed by atoms with Crippen LogP contribution >= 0.6 is 0 Å². The molecule has 0 unspecified atom stereocenters. The zero-order valence-electron chi connectivity index (χ0n) is 16.1.